The van der Waals surface area contributed by atoms with Crippen molar-refractivity contribution in [3.63, 3.8) is 0 Å². The number of hydrogen-bond acceptors (Lipinski definition) is 7. The molecule has 0 saturated carbocycles. The van der Waals surface area contributed by atoms with Crippen LogP contribution in [0, 0.1) is 6.92 Å². The van der Waals surface area contributed by atoms with Gasteiger partial charge in [0.2, 0.25) is 0 Å². The molecule has 0 aliphatic heterocycles. The Labute approximate surface area is 183 Å². The Hall–Kier alpha value is -3.39. The number of benzene rings is 1. The molecule has 7 nitrogen and oxygen atoms in total. The number of carbonyl (C=O) groups excluding carboxylic acids is 1. The lowest BCUT2D eigenvalue weighted by Gasteiger charge is -2.04. The Morgan fingerprint density at radius 3 is 2.71 bits per heavy atom. The van der Waals surface area contributed by atoms with Crippen molar-refractivity contribution < 1.29 is 9.53 Å². The van der Waals surface area contributed by atoms with Crippen molar-refractivity contribution in [2.24, 2.45) is 0 Å². The summed E-state index contributed by atoms with van der Waals surface area (Å²) in [4.78, 5) is 27.5. The van der Waals surface area contributed by atoms with Crippen LogP contribution < -0.4 is 4.74 Å². The molecular weight excluding hydrogens is 410 g/mol. The molecule has 156 valence electrons. The number of thiazole rings is 1. The molecule has 0 saturated heterocycles. The van der Waals surface area contributed by atoms with Gasteiger partial charge >= 0.3 is 0 Å². The van der Waals surface area contributed by atoms with Crippen molar-refractivity contribution in [1.29, 1.82) is 0 Å². The maximum atomic E-state index is 12.7. The van der Waals surface area contributed by atoms with Crippen LogP contribution >= 0.6 is 11.3 Å². The molecule has 0 bridgehead atoms. The van der Waals surface area contributed by atoms with Gasteiger partial charge in [-0.15, -0.1) is 11.3 Å². The van der Waals surface area contributed by atoms with E-state index in [1.165, 1.54) is 0 Å². The standard InChI is InChI=1S/C23H21N5O2S/c1-14-9-10-24-20(25-14)11-21-26-23-17-13-28(12-15-3-5-16(30-2)6-4-15)27-22(17)18(29)7-8-19(23)31-21/h3-6,9-10,13H,7-8,11-12H2,1-2H3. The summed E-state index contributed by atoms with van der Waals surface area (Å²) >= 11 is 1.64. The lowest BCUT2D eigenvalue weighted by Crippen LogP contribution is -2.05. The molecule has 0 fully saturated rings. The van der Waals surface area contributed by atoms with Crippen molar-refractivity contribution in [1.82, 2.24) is 24.7 Å². The summed E-state index contributed by atoms with van der Waals surface area (Å²) in [5, 5.41) is 5.57. The fourth-order valence-electron chi connectivity index (χ4n) is 3.72. The first-order valence-electron chi connectivity index (χ1n) is 10.1. The Kier molecular flexibility index (Phi) is 5.07. The number of hydrogen-bond donors (Lipinski definition) is 0. The number of nitrogens with zero attached hydrogens (tertiary/aromatic N) is 5. The summed E-state index contributed by atoms with van der Waals surface area (Å²) in [6, 6.07) is 9.74. The fraction of sp³-hybridized carbons (Fsp3) is 0.261. The quantitative estimate of drug-likeness (QED) is 0.477. The van der Waals surface area contributed by atoms with Gasteiger partial charge in [-0.1, -0.05) is 12.1 Å². The van der Waals surface area contributed by atoms with Gasteiger partial charge in [0, 0.05) is 29.4 Å². The lowest BCUT2D eigenvalue weighted by atomic mass is 10.1. The first-order chi connectivity index (χ1) is 15.1. The molecule has 0 N–H and O–H groups in total. The van der Waals surface area contributed by atoms with Crippen molar-refractivity contribution >= 4 is 17.1 Å². The number of aryl methyl sites for hydroxylation is 2. The zero-order chi connectivity index (χ0) is 21.4. The second-order valence-corrected chi connectivity index (χ2v) is 8.70. The molecule has 8 heteroatoms. The Morgan fingerprint density at radius 2 is 1.94 bits per heavy atom. The molecule has 0 atom stereocenters. The SMILES string of the molecule is COc1ccc(Cn2cc3c(n2)C(=O)CCc2sc(Cc4nccc(C)n4)nc2-3)cc1. The molecule has 1 aliphatic carbocycles. The highest BCUT2D eigenvalue weighted by Gasteiger charge is 2.27. The second-order valence-electron chi connectivity index (χ2n) is 7.53. The number of methoxy groups -OCH3 is 1. The maximum Gasteiger partial charge on any atom is 0.184 e. The minimum Gasteiger partial charge on any atom is -0.497 e. The highest BCUT2D eigenvalue weighted by Crippen LogP contribution is 2.35. The number of ether oxygens (including phenoxy) is 1. The van der Waals surface area contributed by atoms with Gasteiger partial charge in [0.1, 0.15) is 22.3 Å². The van der Waals surface area contributed by atoms with Crippen molar-refractivity contribution in [3.8, 4) is 17.0 Å². The van der Waals surface area contributed by atoms with Crippen molar-refractivity contribution in [3.05, 3.63) is 75.4 Å². The van der Waals surface area contributed by atoms with Crippen LogP contribution in [0.1, 0.15) is 43.9 Å². The molecule has 1 aliphatic rings. The van der Waals surface area contributed by atoms with Gasteiger partial charge < -0.3 is 4.74 Å². The zero-order valence-corrected chi connectivity index (χ0v) is 18.1. The van der Waals surface area contributed by atoms with E-state index in [0.29, 0.717) is 31.5 Å². The lowest BCUT2D eigenvalue weighted by molar-refractivity contribution is 0.0979. The van der Waals surface area contributed by atoms with E-state index in [0.717, 1.165) is 44.0 Å². The van der Waals surface area contributed by atoms with E-state index >= 15 is 0 Å². The first-order valence-corrected chi connectivity index (χ1v) is 10.9. The van der Waals surface area contributed by atoms with E-state index < -0.39 is 0 Å². The van der Waals surface area contributed by atoms with E-state index in [2.05, 4.69) is 15.1 Å². The zero-order valence-electron chi connectivity index (χ0n) is 17.3. The van der Waals surface area contributed by atoms with E-state index in [1.807, 2.05) is 48.1 Å². The highest BCUT2D eigenvalue weighted by molar-refractivity contribution is 7.12. The van der Waals surface area contributed by atoms with Crippen LogP contribution in [0.3, 0.4) is 0 Å². The molecule has 5 rings (SSSR count). The third-order valence-electron chi connectivity index (χ3n) is 5.26. The number of aromatic nitrogens is 5. The summed E-state index contributed by atoms with van der Waals surface area (Å²) < 4.78 is 7.04. The van der Waals surface area contributed by atoms with E-state index in [4.69, 9.17) is 9.72 Å². The Balaban J connectivity index is 1.46. The Bertz CT molecular complexity index is 1260. The van der Waals surface area contributed by atoms with Gasteiger partial charge in [-0.05, 0) is 37.1 Å². The van der Waals surface area contributed by atoms with Gasteiger partial charge in [-0.2, -0.15) is 5.10 Å². The highest BCUT2D eigenvalue weighted by atomic mass is 32.1. The molecule has 4 aromatic rings. The minimum absolute atomic E-state index is 0.0669. The number of carbonyl (C=O) groups is 1. The van der Waals surface area contributed by atoms with Gasteiger partial charge in [0.05, 0.1) is 31.3 Å². The van der Waals surface area contributed by atoms with Crippen LogP contribution in [-0.4, -0.2) is 37.6 Å². The van der Waals surface area contributed by atoms with Gasteiger partial charge in [0.25, 0.3) is 0 Å². The van der Waals surface area contributed by atoms with E-state index in [-0.39, 0.29) is 5.78 Å². The van der Waals surface area contributed by atoms with E-state index in [9.17, 15) is 4.79 Å². The number of Topliss-reactive ketones (excluding diaryl/α,β-unsaturated/α-hetero) is 1. The minimum atomic E-state index is 0.0669. The van der Waals surface area contributed by atoms with Crippen LogP contribution in [0.4, 0.5) is 0 Å². The summed E-state index contributed by atoms with van der Waals surface area (Å²) in [6.45, 7) is 2.53. The Morgan fingerprint density at radius 1 is 1.10 bits per heavy atom. The summed E-state index contributed by atoms with van der Waals surface area (Å²) in [6.07, 6.45) is 5.44. The number of rotatable bonds is 5. The number of ketones is 1. The number of fused-ring (bicyclic) bond motifs is 3. The van der Waals surface area contributed by atoms with Gasteiger partial charge in [0.15, 0.2) is 5.78 Å². The second kappa shape index (κ2) is 8.03. The smallest absolute Gasteiger partial charge is 0.184 e. The third kappa shape index (κ3) is 3.98. The van der Waals surface area contributed by atoms with Crippen LogP contribution in [0.2, 0.25) is 0 Å². The molecule has 3 aromatic heterocycles. The van der Waals surface area contributed by atoms with E-state index in [1.54, 1.807) is 24.6 Å². The summed E-state index contributed by atoms with van der Waals surface area (Å²) in [7, 11) is 1.65. The molecule has 1 aromatic carbocycles. The summed E-state index contributed by atoms with van der Waals surface area (Å²) in [5.41, 5.74) is 4.22. The van der Waals surface area contributed by atoms with Gasteiger partial charge in [-0.25, -0.2) is 15.0 Å². The first kappa shape index (κ1) is 19.6. The molecule has 3 heterocycles. The normalized spacial score (nSPS) is 12.9. The topological polar surface area (TPSA) is 82.8 Å². The molecule has 31 heavy (non-hydrogen) atoms. The summed E-state index contributed by atoms with van der Waals surface area (Å²) in [5.74, 6) is 1.64. The van der Waals surface area contributed by atoms with Crippen molar-refractivity contribution in [2.75, 3.05) is 7.11 Å². The average Bonchev–Trinajstić information content (AvgIpc) is 3.34. The predicted octanol–water partition coefficient (Wildman–Crippen LogP) is 3.88. The van der Waals surface area contributed by atoms with Crippen molar-refractivity contribution in [2.45, 2.75) is 32.7 Å². The molecule has 0 spiro atoms. The van der Waals surface area contributed by atoms with Crippen LogP contribution in [0.25, 0.3) is 11.3 Å². The monoisotopic (exact) mass is 431 g/mol. The largest absolute Gasteiger partial charge is 0.497 e. The average molecular weight is 432 g/mol. The molecule has 0 radical (unpaired) electrons. The third-order valence-corrected chi connectivity index (χ3v) is 6.37. The molecule has 0 amide bonds. The fourth-order valence-corrected chi connectivity index (χ4v) is 4.80. The maximum absolute atomic E-state index is 12.7. The molecule has 0 unspecified atom stereocenters. The predicted molar refractivity (Wildman–Crippen MR) is 118 cm³/mol. The molecular formula is C23H21N5O2S. The van der Waals surface area contributed by atoms with Crippen LogP contribution in [0.15, 0.2) is 42.7 Å². The van der Waals surface area contributed by atoms with Crippen LogP contribution in [0.5, 0.6) is 5.75 Å². The van der Waals surface area contributed by atoms with Gasteiger partial charge in [-0.3, -0.25) is 9.48 Å². The van der Waals surface area contributed by atoms with Crippen LogP contribution in [-0.2, 0) is 19.4 Å².